The van der Waals surface area contributed by atoms with Crippen molar-refractivity contribution < 1.29 is 23.6 Å². The van der Waals surface area contributed by atoms with E-state index >= 15 is 4.39 Å². The van der Waals surface area contributed by atoms with E-state index in [-0.39, 0.29) is 53.2 Å². The summed E-state index contributed by atoms with van der Waals surface area (Å²) in [7, 11) is 0. The van der Waals surface area contributed by atoms with E-state index in [1.807, 2.05) is 0 Å². The Morgan fingerprint density at radius 2 is 1.97 bits per heavy atom. The normalized spacial score (nSPS) is 18.1. The minimum absolute atomic E-state index is 0.0862. The van der Waals surface area contributed by atoms with Gasteiger partial charge in [-0.15, -0.1) is 0 Å². The van der Waals surface area contributed by atoms with Crippen LogP contribution in [0.4, 0.5) is 4.39 Å². The first-order valence-corrected chi connectivity index (χ1v) is 10.2. The highest BCUT2D eigenvalue weighted by Crippen LogP contribution is 2.31. The summed E-state index contributed by atoms with van der Waals surface area (Å²) in [5.41, 5.74) is 0.714. The van der Waals surface area contributed by atoms with Crippen LogP contribution < -0.4 is 10.6 Å². The van der Waals surface area contributed by atoms with Crippen molar-refractivity contribution in [3.8, 4) is 0 Å². The van der Waals surface area contributed by atoms with Crippen molar-refractivity contribution in [2.45, 2.75) is 32.0 Å². The van der Waals surface area contributed by atoms with Gasteiger partial charge in [-0.25, -0.2) is 4.39 Å². The largest absolute Gasteiger partial charge is 0.348 e. The number of piperidine rings is 1. The lowest BCUT2D eigenvalue weighted by Crippen LogP contribution is -2.52. The maximum absolute atomic E-state index is 15.1. The molecule has 0 radical (unpaired) electrons. The summed E-state index contributed by atoms with van der Waals surface area (Å²) in [5.74, 6) is -2.54. The topological polar surface area (TPSA) is 95.6 Å². The molecule has 0 saturated carbocycles. The number of benzene rings is 2. The lowest BCUT2D eigenvalue weighted by atomic mass is 10.0. The molecule has 7 nitrogen and oxygen atoms in total. The van der Waals surface area contributed by atoms with Crippen molar-refractivity contribution in [1.82, 2.24) is 15.5 Å². The Morgan fingerprint density at radius 1 is 1.19 bits per heavy atom. The predicted octanol–water partition coefficient (Wildman–Crippen LogP) is 2.82. The van der Waals surface area contributed by atoms with Gasteiger partial charge in [0.2, 0.25) is 11.8 Å². The third kappa shape index (κ3) is 4.00. The van der Waals surface area contributed by atoms with Gasteiger partial charge in [-0.3, -0.25) is 24.5 Å². The Hall–Kier alpha value is -2.97. The van der Waals surface area contributed by atoms with E-state index in [0.29, 0.717) is 5.02 Å². The van der Waals surface area contributed by atoms with Crippen LogP contribution >= 0.6 is 23.2 Å². The van der Waals surface area contributed by atoms with Gasteiger partial charge in [-0.2, -0.15) is 0 Å². The highest BCUT2D eigenvalue weighted by Gasteiger charge is 2.40. The molecule has 1 saturated heterocycles. The molecule has 4 amide bonds. The fourth-order valence-electron chi connectivity index (χ4n) is 3.73. The Bertz CT molecular complexity index is 1140. The van der Waals surface area contributed by atoms with Crippen LogP contribution in [0.3, 0.4) is 0 Å². The molecule has 2 heterocycles. The van der Waals surface area contributed by atoms with Crippen molar-refractivity contribution in [1.29, 1.82) is 0 Å². The number of hydrogen-bond donors (Lipinski definition) is 2. The number of nitrogens with zero attached hydrogens (tertiary/aromatic N) is 1. The molecule has 0 spiro atoms. The Kier molecular flexibility index (Phi) is 5.68. The van der Waals surface area contributed by atoms with Crippen molar-refractivity contribution in [2.24, 2.45) is 0 Å². The second-order valence-corrected chi connectivity index (χ2v) is 8.12. The summed E-state index contributed by atoms with van der Waals surface area (Å²) in [6.45, 7) is -0.208. The first-order valence-electron chi connectivity index (χ1n) is 9.44. The maximum atomic E-state index is 15.1. The molecule has 4 rings (SSSR count). The lowest BCUT2D eigenvalue weighted by Gasteiger charge is -2.29. The van der Waals surface area contributed by atoms with Gasteiger partial charge in [-0.05, 0) is 30.7 Å². The predicted molar refractivity (Wildman–Crippen MR) is 110 cm³/mol. The van der Waals surface area contributed by atoms with E-state index in [1.54, 1.807) is 0 Å². The SMILES string of the molecule is O=C1CCC(N2Cc3c(ccc(CNC(=O)c4ccc(Cl)cc4Cl)c3F)C2=O)C(=O)N1. The zero-order chi connectivity index (χ0) is 22.3. The van der Waals surface area contributed by atoms with Crippen molar-refractivity contribution in [3.63, 3.8) is 0 Å². The quantitative estimate of drug-likeness (QED) is 0.681. The summed E-state index contributed by atoms with van der Waals surface area (Å²) < 4.78 is 15.1. The van der Waals surface area contributed by atoms with Gasteiger partial charge in [0.1, 0.15) is 11.9 Å². The van der Waals surface area contributed by atoms with E-state index in [4.69, 9.17) is 23.2 Å². The van der Waals surface area contributed by atoms with Gasteiger partial charge in [0.15, 0.2) is 0 Å². The smallest absolute Gasteiger partial charge is 0.255 e. The number of hydrogen-bond acceptors (Lipinski definition) is 4. The monoisotopic (exact) mass is 463 g/mol. The number of rotatable bonds is 4. The molecule has 10 heteroatoms. The molecule has 2 aromatic carbocycles. The zero-order valence-corrected chi connectivity index (χ0v) is 17.5. The number of carbonyl (C=O) groups excluding carboxylic acids is 4. The lowest BCUT2D eigenvalue weighted by molar-refractivity contribution is -0.136. The first-order chi connectivity index (χ1) is 14.8. The molecule has 1 atom stereocenters. The van der Waals surface area contributed by atoms with Crippen molar-refractivity contribution >= 4 is 46.8 Å². The molecule has 0 aromatic heterocycles. The van der Waals surface area contributed by atoms with Crippen LogP contribution in [-0.2, 0) is 22.7 Å². The van der Waals surface area contributed by atoms with E-state index in [0.717, 1.165) is 0 Å². The van der Waals surface area contributed by atoms with Crippen LogP contribution in [0.15, 0.2) is 30.3 Å². The van der Waals surface area contributed by atoms with Gasteiger partial charge < -0.3 is 10.2 Å². The molecule has 31 heavy (non-hydrogen) atoms. The summed E-state index contributed by atoms with van der Waals surface area (Å²) in [4.78, 5) is 49.8. The van der Waals surface area contributed by atoms with E-state index in [2.05, 4.69) is 10.6 Å². The Morgan fingerprint density at radius 3 is 2.68 bits per heavy atom. The van der Waals surface area contributed by atoms with Gasteiger partial charge in [0, 0.05) is 34.7 Å². The second-order valence-electron chi connectivity index (χ2n) is 7.27. The molecule has 1 fully saturated rings. The number of halogens is 3. The third-order valence-corrected chi connectivity index (χ3v) is 5.89. The summed E-state index contributed by atoms with van der Waals surface area (Å²) in [6.07, 6.45) is 0.306. The molecule has 0 aliphatic carbocycles. The Balaban J connectivity index is 1.50. The minimum atomic E-state index is -0.827. The van der Waals surface area contributed by atoms with E-state index in [1.165, 1.54) is 35.2 Å². The number of fused-ring (bicyclic) bond motifs is 1. The maximum Gasteiger partial charge on any atom is 0.255 e. The average molecular weight is 464 g/mol. The highest BCUT2D eigenvalue weighted by molar-refractivity contribution is 6.36. The van der Waals surface area contributed by atoms with Crippen LogP contribution in [0, 0.1) is 5.82 Å². The highest BCUT2D eigenvalue weighted by atomic mass is 35.5. The van der Waals surface area contributed by atoms with Gasteiger partial charge in [0.05, 0.1) is 17.1 Å². The number of imide groups is 1. The fourth-order valence-corrected chi connectivity index (χ4v) is 4.23. The Labute approximate surface area is 186 Å². The van der Waals surface area contributed by atoms with Crippen LogP contribution in [0.5, 0.6) is 0 Å². The third-order valence-electron chi connectivity index (χ3n) is 5.34. The second kappa shape index (κ2) is 8.28. The summed E-state index contributed by atoms with van der Waals surface area (Å²) in [5, 5.41) is 5.36. The first kappa shape index (κ1) is 21.3. The number of nitrogens with one attached hydrogen (secondary N) is 2. The van der Waals surface area contributed by atoms with Crippen LogP contribution in [0.2, 0.25) is 10.0 Å². The van der Waals surface area contributed by atoms with Crippen LogP contribution in [0.25, 0.3) is 0 Å². The molecule has 1 unspecified atom stereocenters. The molecular formula is C21H16Cl2FN3O4. The molecule has 2 aliphatic heterocycles. The molecule has 2 aromatic rings. The molecule has 0 bridgehead atoms. The molecule has 2 aliphatic rings. The summed E-state index contributed by atoms with van der Waals surface area (Å²) >= 11 is 11.9. The number of carbonyl (C=O) groups is 4. The van der Waals surface area contributed by atoms with Crippen molar-refractivity contribution in [2.75, 3.05) is 0 Å². The van der Waals surface area contributed by atoms with E-state index < -0.39 is 35.5 Å². The molecule has 160 valence electrons. The van der Waals surface area contributed by atoms with Gasteiger partial charge >= 0.3 is 0 Å². The van der Waals surface area contributed by atoms with Crippen molar-refractivity contribution in [3.05, 3.63) is 68.4 Å². The fraction of sp³-hybridized carbons (Fsp3) is 0.238. The van der Waals surface area contributed by atoms with Crippen LogP contribution in [-0.4, -0.2) is 34.6 Å². The summed E-state index contributed by atoms with van der Waals surface area (Å²) in [6, 6.07) is 6.49. The van der Waals surface area contributed by atoms with Crippen LogP contribution in [0.1, 0.15) is 44.7 Å². The van der Waals surface area contributed by atoms with E-state index in [9.17, 15) is 19.2 Å². The van der Waals surface area contributed by atoms with Gasteiger partial charge in [-0.1, -0.05) is 29.3 Å². The molecule has 2 N–H and O–H groups in total. The number of amides is 4. The minimum Gasteiger partial charge on any atom is -0.348 e. The average Bonchev–Trinajstić information content (AvgIpc) is 3.04. The molecular weight excluding hydrogens is 448 g/mol. The standard InChI is InChI=1S/C21H16Cl2FN3O4/c22-11-2-4-13(15(23)7-11)19(29)25-8-10-1-3-12-14(18(10)24)9-27(21(12)31)16-5-6-17(28)26-20(16)30/h1-4,7,16H,5-6,8-9H2,(H,25,29)(H,26,28,30). The zero-order valence-electron chi connectivity index (χ0n) is 16.0. The van der Waals surface area contributed by atoms with Gasteiger partial charge in [0.25, 0.3) is 11.8 Å².